The molecule has 0 amide bonds. The fourth-order valence-corrected chi connectivity index (χ4v) is 4.40. The van der Waals surface area contributed by atoms with Gasteiger partial charge in [0.15, 0.2) is 0 Å². The molecule has 0 atom stereocenters. The number of thiophene rings is 1. The Morgan fingerprint density at radius 1 is 1.12 bits per heavy atom. The second-order valence-corrected chi connectivity index (χ2v) is 7.72. The lowest BCUT2D eigenvalue weighted by molar-refractivity contribution is 1.15. The van der Waals surface area contributed by atoms with Crippen LogP contribution < -0.4 is 5.32 Å². The zero-order valence-electron chi connectivity index (χ0n) is 9.06. The second kappa shape index (κ2) is 5.87. The lowest BCUT2D eigenvalue weighted by Crippen LogP contribution is -2.00. The second-order valence-electron chi connectivity index (χ2n) is 3.72. The highest BCUT2D eigenvalue weighted by atomic mass is 79.9. The smallest absolute Gasteiger partial charge is 0.0701 e. The number of halogens is 3. The molecule has 1 aromatic heterocycles. The molecule has 0 unspecified atom stereocenters. The topological polar surface area (TPSA) is 12.0 Å². The summed E-state index contributed by atoms with van der Waals surface area (Å²) in [5.41, 5.74) is 3.60. The average molecular weight is 440 g/mol. The van der Waals surface area contributed by atoms with Crippen LogP contribution in [0.15, 0.2) is 36.3 Å². The molecule has 0 saturated heterocycles. The quantitative estimate of drug-likeness (QED) is 0.622. The van der Waals surface area contributed by atoms with Crippen molar-refractivity contribution in [3.63, 3.8) is 0 Å². The highest BCUT2D eigenvalue weighted by Crippen LogP contribution is 2.33. The van der Waals surface area contributed by atoms with E-state index >= 15 is 0 Å². The van der Waals surface area contributed by atoms with Gasteiger partial charge in [0.05, 0.1) is 9.47 Å². The molecule has 0 aliphatic heterocycles. The Morgan fingerprint density at radius 3 is 2.29 bits per heavy atom. The minimum Gasteiger partial charge on any atom is -0.379 e. The van der Waals surface area contributed by atoms with Gasteiger partial charge in [0.2, 0.25) is 0 Å². The summed E-state index contributed by atoms with van der Waals surface area (Å²) < 4.78 is 3.33. The van der Waals surface area contributed by atoms with E-state index in [-0.39, 0.29) is 0 Å². The fraction of sp³-hybridized carbons (Fsp3) is 0.167. The molecule has 1 aromatic carbocycles. The third kappa shape index (κ3) is 3.56. The van der Waals surface area contributed by atoms with Crippen molar-refractivity contribution in [3.05, 3.63) is 47.4 Å². The van der Waals surface area contributed by atoms with Crippen LogP contribution in [0, 0.1) is 6.92 Å². The molecule has 2 aromatic rings. The standard InChI is InChI=1S/C12H10Br3NS/c1-7-2-9(13)12(10(14)3-7)16-5-8-4-11(15)17-6-8/h2-4,6,16H,5H2,1H3. The van der Waals surface area contributed by atoms with Crippen LogP contribution in [0.1, 0.15) is 11.1 Å². The molecule has 1 N–H and O–H groups in total. The zero-order chi connectivity index (χ0) is 12.4. The predicted octanol–water partition coefficient (Wildman–Crippen LogP) is 5.96. The summed E-state index contributed by atoms with van der Waals surface area (Å²) in [5, 5.41) is 5.58. The van der Waals surface area contributed by atoms with Gasteiger partial charge in [0.25, 0.3) is 0 Å². The van der Waals surface area contributed by atoms with Gasteiger partial charge in [-0.1, -0.05) is 0 Å². The van der Waals surface area contributed by atoms with Crippen molar-refractivity contribution >= 4 is 64.8 Å². The Balaban J connectivity index is 2.14. The van der Waals surface area contributed by atoms with E-state index in [0.29, 0.717) is 0 Å². The van der Waals surface area contributed by atoms with Gasteiger partial charge < -0.3 is 5.32 Å². The molecule has 0 fully saturated rings. The van der Waals surface area contributed by atoms with E-state index in [1.165, 1.54) is 11.1 Å². The summed E-state index contributed by atoms with van der Waals surface area (Å²) in [7, 11) is 0. The van der Waals surface area contributed by atoms with E-state index in [2.05, 4.69) is 83.6 Å². The van der Waals surface area contributed by atoms with Gasteiger partial charge in [0.1, 0.15) is 0 Å². The lowest BCUT2D eigenvalue weighted by atomic mass is 10.2. The first kappa shape index (κ1) is 13.6. The largest absolute Gasteiger partial charge is 0.379 e. The predicted molar refractivity (Wildman–Crippen MR) is 85.9 cm³/mol. The van der Waals surface area contributed by atoms with Gasteiger partial charge in [0, 0.05) is 15.5 Å². The van der Waals surface area contributed by atoms with Crippen molar-refractivity contribution in [2.24, 2.45) is 0 Å². The maximum atomic E-state index is 3.58. The van der Waals surface area contributed by atoms with Crippen molar-refractivity contribution in [2.45, 2.75) is 13.5 Å². The number of hydrogen-bond donors (Lipinski definition) is 1. The molecule has 0 aliphatic rings. The monoisotopic (exact) mass is 437 g/mol. The van der Waals surface area contributed by atoms with Gasteiger partial charge >= 0.3 is 0 Å². The molecule has 5 heteroatoms. The van der Waals surface area contributed by atoms with Gasteiger partial charge in [-0.3, -0.25) is 0 Å². The number of nitrogens with one attached hydrogen (secondary N) is 1. The zero-order valence-corrected chi connectivity index (χ0v) is 14.6. The molecule has 1 heterocycles. The van der Waals surface area contributed by atoms with Crippen LogP contribution in [0.4, 0.5) is 5.69 Å². The third-order valence-electron chi connectivity index (χ3n) is 2.28. The molecular weight excluding hydrogens is 430 g/mol. The summed E-state index contributed by atoms with van der Waals surface area (Å²) in [6.07, 6.45) is 0. The van der Waals surface area contributed by atoms with Crippen molar-refractivity contribution in [3.8, 4) is 0 Å². The first-order valence-corrected chi connectivity index (χ1v) is 8.24. The maximum absolute atomic E-state index is 3.58. The molecule has 0 aliphatic carbocycles. The lowest BCUT2D eigenvalue weighted by Gasteiger charge is -2.11. The van der Waals surface area contributed by atoms with Gasteiger partial charge in [-0.15, -0.1) is 11.3 Å². The summed E-state index contributed by atoms with van der Waals surface area (Å²) in [6, 6.07) is 6.35. The summed E-state index contributed by atoms with van der Waals surface area (Å²) >= 11 is 12.3. The molecular formula is C12H10Br3NS. The molecule has 90 valence electrons. The average Bonchev–Trinajstić information content (AvgIpc) is 2.62. The van der Waals surface area contributed by atoms with Crippen molar-refractivity contribution in [1.29, 1.82) is 0 Å². The Labute approximate surface area is 130 Å². The Bertz CT molecular complexity index is 513. The molecule has 0 bridgehead atoms. The number of rotatable bonds is 3. The number of benzene rings is 1. The Kier molecular flexibility index (Phi) is 4.69. The maximum Gasteiger partial charge on any atom is 0.0701 e. The normalized spacial score (nSPS) is 10.6. The number of aryl methyl sites for hydroxylation is 1. The molecule has 0 saturated carbocycles. The van der Waals surface area contributed by atoms with Crippen LogP contribution in [0.25, 0.3) is 0 Å². The summed E-state index contributed by atoms with van der Waals surface area (Å²) in [4.78, 5) is 0. The third-order valence-corrected chi connectivity index (χ3v) is 5.08. The minimum absolute atomic E-state index is 0.822. The van der Waals surface area contributed by atoms with E-state index in [4.69, 9.17) is 0 Å². The van der Waals surface area contributed by atoms with E-state index < -0.39 is 0 Å². The van der Waals surface area contributed by atoms with Crippen LogP contribution in [0.3, 0.4) is 0 Å². The van der Waals surface area contributed by atoms with Crippen LogP contribution in [0.2, 0.25) is 0 Å². The van der Waals surface area contributed by atoms with E-state index in [0.717, 1.165) is 25.0 Å². The number of anilines is 1. The Morgan fingerprint density at radius 2 is 1.76 bits per heavy atom. The van der Waals surface area contributed by atoms with Gasteiger partial charge in [-0.2, -0.15) is 0 Å². The van der Waals surface area contributed by atoms with E-state index in [1.54, 1.807) is 11.3 Å². The first-order valence-electron chi connectivity index (χ1n) is 4.98. The summed E-state index contributed by atoms with van der Waals surface area (Å²) in [5.74, 6) is 0. The molecule has 0 spiro atoms. The SMILES string of the molecule is Cc1cc(Br)c(NCc2csc(Br)c2)c(Br)c1. The highest BCUT2D eigenvalue weighted by molar-refractivity contribution is 9.11. The van der Waals surface area contributed by atoms with Crippen molar-refractivity contribution < 1.29 is 0 Å². The highest BCUT2D eigenvalue weighted by Gasteiger charge is 2.06. The van der Waals surface area contributed by atoms with Gasteiger partial charge in [-0.25, -0.2) is 0 Å². The fourth-order valence-electron chi connectivity index (χ4n) is 1.50. The van der Waals surface area contributed by atoms with Crippen LogP contribution in [0.5, 0.6) is 0 Å². The summed E-state index contributed by atoms with van der Waals surface area (Å²) in [6.45, 7) is 2.90. The molecule has 0 radical (unpaired) electrons. The molecule has 17 heavy (non-hydrogen) atoms. The van der Waals surface area contributed by atoms with Crippen molar-refractivity contribution in [1.82, 2.24) is 0 Å². The molecule has 1 nitrogen and oxygen atoms in total. The van der Waals surface area contributed by atoms with Crippen LogP contribution >= 0.6 is 59.1 Å². The van der Waals surface area contributed by atoms with E-state index in [9.17, 15) is 0 Å². The van der Waals surface area contributed by atoms with E-state index in [1.807, 2.05) is 0 Å². The Hall–Kier alpha value is 0.160. The first-order chi connectivity index (χ1) is 8.06. The van der Waals surface area contributed by atoms with Crippen molar-refractivity contribution in [2.75, 3.05) is 5.32 Å². The van der Waals surface area contributed by atoms with Crippen LogP contribution in [-0.2, 0) is 6.54 Å². The minimum atomic E-state index is 0.822. The number of hydrogen-bond acceptors (Lipinski definition) is 2. The van der Waals surface area contributed by atoms with Gasteiger partial charge in [-0.05, 0) is 89.4 Å². The molecule has 2 rings (SSSR count). The van der Waals surface area contributed by atoms with Crippen LogP contribution in [-0.4, -0.2) is 0 Å².